The number of aryl methyl sites for hydroxylation is 2. The van der Waals surface area contributed by atoms with Gasteiger partial charge in [0.15, 0.2) is 5.96 Å². The summed E-state index contributed by atoms with van der Waals surface area (Å²) in [5.41, 5.74) is 5.86. The molecule has 0 aromatic carbocycles. The third-order valence-electron chi connectivity index (χ3n) is 3.93. The number of nitrogens with zero attached hydrogens (tertiary/aromatic N) is 1. The van der Waals surface area contributed by atoms with E-state index in [1.807, 2.05) is 13.8 Å². The quantitative estimate of drug-likeness (QED) is 0.411. The van der Waals surface area contributed by atoms with Crippen molar-refractivity contribution in [3.8, 4) is 0 Å². The molecular formula is C15H26N4O2S2. The lowest BCUT2D eigenvalue weighted by molar-refractivity contribution is 0.412. The molecule has 0 saturated heterocycles. The topological polar surface area (TPSA) is 96.6 Å². The highest BCUT2D eigenvalue weighted by Gasteiger charge is 2.18. The smallest absolute Gasteiger partial charge is 0.241 e. The molecular weight excluding hydrogens is 332 g/mol. The molecule has 8 heteroatoms. The Hall–Kier alpha value is -1.12. The van der Waals surface area contributed by atoms with E-state index in [0.717, 1.165) is 22.6 Å². The summed E-state index contributed by atoms with van der Waals surface area (Å²) in [6.45, 7) is 4.28. The Morgan fingerprint density at radius 1 is 1.35 bits per heavy atom. The van der Waals surface area contributed by atoms with Crippen LogP contribution in [0.2, 0.25) is 0 Å². The number of nitrogens with one attached hydrogen (secondary N) is 2. The number of hydrogen-bond acceptors (Lipinski definition) is 4. The van der Waals surface area contributed by atoms with Crippen LogP contribution in [0.25, 0.3) is 0 Å². The minimum atomic E-state index is -3.47. The molecule has 0 atom stereocenters. The lowest BCUT2D eigenvalue weighted by Crippen LogP contribution is -2.41. The van der Waals surface area contributed by atoms with Gasteiger partial charge in [0.2, 0.25) is 10.0 Å². The minimum Gasteiger partial charge on any atom is -0.370 e. The molecule has 1 aliphatic carbocycles. The van der Waals surface area contributed by atoms with Crippen LogP contribution in [0.4, 0.5) is 0 Å². The molecule has 0 radical (unpaired) electrons. The largest absolute Gasteiger partial charge is 0.370 e. The van der Waals surface area contributed by atoms with E-state index in [-0.39, 0.29) is 6.54 Å². The van der Waals surface area contributed by atoms with Crippen LogP contribution in [0.1, 0.15) is 41.9 Å². The van der Waals surface area contributed by atoms with E-state index in [9.17, 15) is 8.42 Å². The molecule has 130 valence electrons. The Morgan fingerprint density at radius 2 is 2.04 bits per heavy atom. The summed E-state index contributed by atoms with van der Waals surface area (Å²) in [6, 6.07) is 2.10. The fraction of sp³-hybridized carbons (Fsp3) is 0.667. The Labute approximate surface area is 142 Å². The number of thiophene rings is 1. The van der Waals surface area contributed by atoms with Gasteiger partial charge in [0.05, 0.1) is 11.4 Å². The number of nitrogens with two attached hydrogens (primary N) is 1. The second kappa shape index (κ2) is 8.12. The Kier molecular flexibility index (Phi) is 6.43. The molecule has 0 aliphatic heterocycles. The first kappa shape index (κ1) is 18.2. The normalized spacial score (nSPS) is 17.4. The summed E-state index contributed by atoms with van der Waals surface area (Å²) >= 11 is 1.48. The van der Waals surface area contributed by atoms with Gasteiger partial charge in [-0.05, 0) is 32.8 Å². The third-order valence-corrected chi connectivity index (χ3v) is 6.61. The average Bonchev–Trinajstić information content (AvgIpc) is 2.84. The van der Waals surface area contributed by atoms with Crippen LogP contribution in [0, 0.1) is 13.8 Å². The molecule has 4 N–H and O–H groups in total. The van der Waals surface area contributed by atoms with Crippen molar-refractivity contribution in [2.45, 2.75) is 56.9 Å². The number of guanidine groups is 1. The first-order valence-electron chi connectivity index (χ1n) is 8.01. The van der Waals surface area contributed by atoms with Crippen LogP contribution >= 0.6 is 11.3 Å². The van der Waals surface area contributed by atoms with Crippen molar-refractivity contribution in [3.05, 3.63) is 15.8 Å². The molecule has 0 unspecified atom stereocenters. The predicted molar refractivity (Wildman–Crippen MR) is 95.5 cm³/mol. The Bertz CT molecular complexity index is 646. The molecule has 6 nitrogen and oxygen atoms in total. The number of hydrogen-bond donors (Lipinski definition) is 3. The molecule has 0 spiro atoms. The number of aliphatic imine (C=N–C) groups is 1. The van der Waals surface area contributed by atoms with E-state index in [1.165, 1.54) is 30.6 Å². The van der Waals surface area contributed by atoms with Crippen LogP contribution in [-0.4, -0.2) is 33.5 Å². The molecule has 0 amide bonds. The zero-order valence-corrected chi connectivity index (χ0v) is 15.4. The fourth-order valence-corrected chi connectivity index (χ4v) is 5.38. The van der Waals surface area contributed by atoms with Gasteiger partial charge in [0.25, 0.3) is 0 Å². The number of sulfonamides is 1. The second-order valence-electron chi connectivity index (χ2n) is 5.92. The molecule has 23 heavy (non-hydrogen) atoms. The van der Waals surface area contributed by atoms with Crippen LogP contribution in [0.3, 0.4) is 0 Å². The molecule has 0 bridgehead atoms. The summed E-state index contributed by atoms with van der Waals surface area (Å²) in [7, 11) is -3.47. The highest BCUT2D eigenvalue weighted by molar-refractivity contribution is 7.89. The zero-order valence-electron chi connectivity index (χ0n) is 13.8. The summed E-state index contributed by atoms with van der Waals surface area (Å²) in [4.78, 5) is 6.35. The van der Waals surface area contributed by atoms with Gasteiger partial charge in [0.1, 0.15) is 0 Å². The lowest BCUT2D eigenvalue weighted by atomic mass is 9.96. The monoisotopic (exact) mass is 358 g/mol. The lowest BCUT2D eigenvalue weighted by Gasteiger charge is -2.23. The van der Waals surface area contributed by atoms with E-state index in [2.05, 4.69) is 15.0 Å². The summed E-state index contributed by atoms with van der Waals surface area (Å²) in [5.74, 6) is 0.402. The summed E-state index contributed by atoms with van der Waals surface area (Å²) < 4.78 is 27.0. The van der Waals surface area contributed by atoms with Gasteiger partial charge in [-0.25, -0.2) is 13.1 Å². The minimum absolute atomic E-state index is 0.240. The van der Waals surface area contributed by atoms with Crippen LogP contribution in [0.15, 0.2) is 16.0 Å². The molecule has 1 heterocycles. The Morgan fingerprint density at radius 3 is 2.65 bits per heavy atom. The molecule has 1 aromatic heterocycles. The van der Waals surface area contributed by atoms with Gasteiger partial charge >= 0.3 is 0 Å². The maximum atomic E-state index is 12.2. The van der Waals surface area contributed by atoms with Crippen molar-refractivity contribution in [2.24, 2.45) is 10.7 Å². The van der Waals surface area contributed by atoms with E-state index in [0.29, 0.717) is 23.4 Å². The highest BCUT2D eigenvalue weighted by Crippen LogP contribution is 2.24. The van der Waals surface area contributed by atoms with Gasteiger partial charge in [-0.15, -0.1) is 11.3 Å². The fourth-order valence-electron chi connectivity index (χ4n) is 2.81. The average molecular weight is 359 g/mol. The van der Waals surface area contributed by atoms with Crippen molar-refractivity contribution in [3.63, 3.8) is 0 Å². The summed E-state index contributed by atoms with van der Waals surface area (Å²) in [6.07, 6.45) is 5.99. The maximum Gasteiger partial charge on any atom is 0.241 e. The zero-order chi connectivity index (χ0) is 16.9. The molecule has 2 rings (SSSR count). The Balaban J connectivity index is 1.79. The molecule has 1 aliphatic rings. The van der Waals surface area contributed by atoms with Crippen molar-refractivity contribution >= 4 is 27.3 Å². The second-order valence-corrected chi connectivity index (χ2v) is 9.12. The van der Waals surface area contributed by atoms with Crippen molar-refractivity contribution < 1.29 is 8.42 Å². The van der Waals surface area contributed by atoms with Crippen molar-refractivity contribution in [1.82, 2.24) is 10.0 Å². The van der Waals surface area contributed by atoms with Crippen LogP contribution in [0.5, 0.6) is 0 Å². The van der Waals surface area contributed by atoms with Crippen LogP contribution in [-0.2, 0) is 10.0 Å². The highest BCUT2D eigenvalue weighted by atomic mass is 32.2. The summed E-state index contributed by atoms with van der Waals surface area (Å²) in [5, 5.41) is 3.21. The first-order valence-corrected chi connectivity index (χ1v) is 10.3. The molecule has 1 saturated carbocycles. The van der Waals surface area contributed by atoms with E-state index < -0.39 is 10.0 Å². The molecule has 1 aromatic rings. The standard InChI is InChI=1S/C15H26N4O2S2/c1-11-10-14(12(2)22-11)23(20,21)18-9-8-17-15(16)19-13-6-4-3-5-7-13/h10,13,18H,3-9H2,1-2H3,(H3,16,17,19). The van der Waals surface area contributed by atoms with Crippen LogP contribution < -0.4 is 15.8 Å². The third kappa shape index (κ3) is 5.47. The SMILES string of the molecule is Cc1cc(S(=O)(=O)NCCN=C(N)NC2CCCCC2)c(C)s1. The van der Waals surface area contributed by atoms with E-state index >= 15 is 0 Å². The van der Waals surface area contributed by atoms with Gasteiger partial charge < -0.3 is 11.1 Å². The van der Waals surface area contributed by atoms with Gasteiger partial charge in [-0.2, -0.15) is 0 Å². The van der Waals surface area contributed by atoms with Gasteiger partial charge in [0, 0.05) is 22.3 Å². The van der Waals surface area contributed by atoms with Gasteiger partial charge in [-0.1, -0.05) is 19.3 Å². The van der Waals surface area contributed by atoms with E-state index in [4.69, 9.17) is 5.73 Å². The van der Waals surface area contributed by atoms with Crippen molar-refractivity contribution in [2.75, 3.05) is 13.1 Å². The first-order chi connectivity index (χ1) is 10.9. The van der Waals surface area contributed by atoms with Crippen molar-refractivity contribution in [1.29, 1.82) is 0 Å². The number of rotatable bonds is 6. The predicted octanol–water partition coefficient (Wildman–Crippen LogP) is 1.88. The van der Waals surface area contributed by atoms with E-state index in [1.54, 1.807) is 6.07 Å². The van der Waals surface area contributed by atoms with Gasteiger partial charge in [-0.3, -0.25) is 4.99 Å². The maximum absolute atomic E-state index is 12.2. The molecule has 1 fully saturated rings.